The lowest BCUT2D eigenvalue weighted by molar-refractivity contribution is -0.118. The third-order valence-corrected chi connectivity index (χ3v) is 7.25. The molecule has 3 aromatic rings. The maximum atomic E-state index is 13.0. The number of benzene rings is 3. The van der Waals surface area contributed by atoms with Crippen molar-refractivity contribution in [3.63, 3.8) is 0 Å². The lowest BCUT2D eigenvalue weighted by Crippen LogP contribution is -2.40. The van der Waals surface area contributed by atoms with Crippen LogP contribution in [0.15, 0.2) is 71.6 Å². The van der Waals surface area contributed by atoms with Crippen molar-refractivity contribution in [2.45, 2.75) is 24.3 Å². The molecule has 0 bridgehead atoms. The van der Waals surface area contributed by atoms with Crippen molar-refractivity contribution in [1.29, 1.82) is 0 Å². The monoisotopic (exact) mass is 479 g/mol. The van der Waals surface area contributed by atoms with Crippen molar-refractivity contribution >= 4 is 33.0 Å². The summed E-state index contributed by atoms with van der Waals surface area (Å²) in [5, 5.41) is 3.21. The van der Waals surface area contributed by atoms with Gasteiger partial charge in [-0.2, -0.15) is 0 Å². The molecule has 0 spiro atoms. The summed E-state index contributed by atoms with van der Waals surface area (Å²) in [5.41, 5.74) is 3.27. The van der Waals surface area contributed by atoms with E-state index in [9.17, 15) is 13.2 Å². The Bertz CT molecular complexity index is 1320. The van der Waals surface area contributed by atoms with Crippen molar-refractivity contribution < 1.29 is 22.7 Å². The van der Waals surface area contributed by atoms with Gasteiger partial charge in [-0.05, 0) is 61.4 Å². The van der Waals surface area contributed by atoms with Crippen LogP contribution >= 0.6 is 0 Å². The van der Waals surface area contributed by atoms with Gasteiger partial charge >= 0.3 is 0 Å². The highest BCUT2D eigenvalue weighted by Gasteiger charge is 2.27. The Morgan fingerprint density at radius 2 is 1.65 bits per heavy atom. The van der Waals surface area contributed by atoms with Gasteiger partial charge < -0.3 is 19.7 Å². The number of nitrogens with zero attached hydrogens (tertiary/aromatic N) is 1. The molecule has 5 rings (SSSR count). The molecule has 9 heteroatoms. The van der Waals surface area contributed by atoms with Crippen LogP contribution in [-0.4, -0.2) is 40.1 Å². The smallest absolute Gasteiger partial charge is 0.262 e. The fourth-order valence-electron chi connectivity index (χ4n) is 4.15. The van der Waals surface area contributed by atoms with Crippen LogP contribution in [0.25, 0.3) is 0 Å². The van der Waals surface area contributed by atoms with E-state index in [4.69, 9.17) is 9.47 Å². The van der Waals surface area contributed by atoms with Crippen LogP contribution < -0.4 is 24.4 Å². The van der Waals surface area contributed by atoms with Crippen molar-refractivity contribution in [2.75, 3.05) is 34.7 Å². The van der Waals surface area contributed by atoms with E-state index in [0.717, 1.165) is 17.8 Å². The van der Waals surface area contributed by atoms with Gasteiger partial charge in [0, 0.05) is 29.7 Å². The highest BCUT2D eigenvalue weighted by atomic mass is 32.2. The average Bonchev–Trinajstić information content (AvgIpc) is 3.28. The van der Waals surface area contributed by atoms with E-state index in [0.29, 0.717) is 36.9 Å². The summed E-state index contributed by atoms with van der Waals surface area (Å²) < 4.78 is 39.1. The molecule has 0 radical (unpaired) electrons. The number of sulfonamides is 1. The van der Waals surface area contributed by atoms with Crippen LogP contribution in [0.4, 0.5) is 17.1 Å². The second kappa shape index (κ2) is 8.90. The van der Waals surface area contributed by atoms with E-state index in [1.165, 1.54) is 17.7 Å². The highest BCUT2D eigenvalue weighted by Crippen LogP contribution is 2.33. The SMILES string of the molecule is C[C@H](Nc1ccc(NS(=O)(=O)c2ccc3c(c2)OCCO3)cc1)C(=O)N1CCc2ccccc21. The Morgan fingerprint density at radius 3 is 2.44 bits per heavy atom. The Hall–Kier alpha value is -3.72. The molecule has 176 valence electrons. The number of fused-ring (bicyclic) bond motifs is 2. The third kappa shape index (κ3) is 4.38. The zero-order valence-corrected chi connectivity index (χ0v) is 19.5. The van der Waals surface area contributed by atoms with Crippen molar-refractivity contribution in [3.8, 4) is 11.5 Å². The molecule has 1 amide bonds. The normalized spacial score (nSPS) is 15.4. The Labute approximate surface area is 198 Å². The van der Waals surface area contributed by atoms with Gasteiger partial charge in [0.1, 0.15) is 19.3 Å². The summed E-state index contributed by atoms with van der Waals surface area (Å²) in [6.45, 7) is 3.31. The van der Waals surface area contributed by atoms with Gasteiger partial charge in [-0.1, -0.05) is 18.2 Å². The molecule has 2 N–H and O–H groups in total. The predicted octanol–water partition coefficient (Wildman–Crippen LogP) is 3.65. The Kier molecular flexibility index (Phi) is 5.79. The maximum Gasteiger partial charge on any atom is 0.262 e. The van der Waals surface area contributed by atoms with E-state index in [1.54, 1.807) is 30.3 Å². The number of amides is 1. The minimum atomic E-state index is -3.80. The van der Waals surface area contributed by atoms with Crippen LogP contribution in [0.3, 0.4) is 0 Å². The first-order valence-corrected chi connectivity index (χ1v) is 12.6. The van der Waals surface area contributed by atoms with E-state index < -0.39 is 16.1 Å². The number of hydrogen-bond donors (Lipinski definition) is 2. The third-order valence-electron chi connectivity index (χ3n) is 5.87. The standard InChI is InChI=1S/C25H25N3O5S/c1-17(25(29)28-13-12-18-4-2-3-5-22(18)28)26-19-6-8-20(9-7-19)27-34(30,31)21-10-11-23-24(16-21)33-15-14-32-23/h2-11,16-17,26-27H,12-15H2,1H3/t17-/m0/s1. The van der Waals surface area contributed by atoms with Gasteiger partial charge in [-0.15, -0.1) is 0 Å². The Balaban J connectivity index is 1.24. The van der Waals surface area contributed by atoms with Crippen LogP contribution in [0.5, 0.6) is 11.5 Å². The molecule has 0 unspecified atom stereocenters. The fraction of sp³-hybridized carbons (Fsp3) is 0.240. The number of hydrogen-bond acceptors (Lipinski definition) is 6. The molecule has 0 aliphatic carbocycles. The number of ether oxygens (including phenoxy) is 2. The van der Waals surface area contributed by atoms with Gasteiger partial charge in [-0.25, -0.2) is 8.42 Å². The van der Waals surface area contributed by atoms with E-state index in [-0.39, 0.29) is 10.8 Å². The van der Waals surface area contributed by atoms with E-state index >= 15 is 0 Å². The summed E-state index contributed by atoms with van der Waals surface area (Å²) >= 11 is 0. The highest BCUT2D eigenvalue weighted by molar-refractivity contribution is 7.92. The zero-order chi connectivity index (χ0) is 23.7. The van der Waals surface area contributed by atoms with Gasteiger partial charge in [0.05, 0.1) is 4.90 Å². The van der Waals surface area contributed by atoms with Crippen molar-refractivity contribution in [1.82, 2.24) is 0 Å². The number of anilines is 3. The molecule has 2 heterocycles. The molecule has 0 saturated carbocycles. The van der Waals surface area contributed by atoms with Crippen LogP contribution in [0.1, 0.15) is 12.5 Å². The first-order chi connectivity index (χ1) is 16.4. The molecule has 3 aromatic carbocycles. The molecular weight excluding hydrogens is 454 g/mol. The molecule has 2 aliphatic rings. The topological polar surface area (TPSA) is 97.0 Å². The summed E-state index contributed by atoms with van der Waals surface area (Å²) in [7, 11) is -3.80. The van der Waals surface area contributed by atoms with Crippen LogP contribution in [0.2, 0.25) is 0 Å². The number of rotatable bonds is 6. The molecule has 8 nitrogen and oxygen atoms in total. The van der Waals surface area contributed by atoms with Crippen LogP contribution in [-0.2, 0) is 21.2 Å². The molecule has 0 aromatic heterocycles. The molecule has 0 fully saturated rings. The number of nitrogens with one attached hydrogen (secondary N) is 2. The minimum Gasteiger partial charge on any atom is -0.486 e. The van der Waals surface area contributed by atoms with Crippen molar-refractivity contribution in [3.05, 3.63) is 72.3 Å². The summed E-state index contributed by atoms with van der Waals surface area (Å²) in [6, 6.07) is 18.8. The largest absolute Gasteiger partial charge is 0.486 e. The van der Waals surface area contributed by atoms with Gasteiger partial charge in [0.15, 0.2) is 11.5 Å². The molecule has 1 atom stereocenters. The minimum absolute atomic E-state index is 0.00617. The quantitative estimate of drug-likeness (QED) is 0.560. The van der Waals surface area contributed by atoms with Crippen molar-refractivity contribution in [2.24, 2.45) is 0 Å². The number of para-hydroxylation sites is 1. The van der Waals surface area contributed by atoms with Crippen LogP contribution in [0, 0.1) is 0 Å². The maximum absolute atomic E-state index is 13.0. The van der Waals surface area contributed by atoms with E-state index in [1.807, 2.05) is 36.1 Å². The lowest BCUT2D eigenvalue weighted by Gasteiger charge is -2.23. The molecule has 2 aliphatic heterocycles. The first-order valence-electron chi connectivity index (χ1n) is 11.1. The Morgan fingerprint density at radius 1 is 0.941 bits per heavy atom. The average molecular weight is 480 g/mol. The number of carbonyl (C=O) groups is 1. The predicted molar refractivity (Wildman–Crippen MR) is 130 cm³/mol. The number of carbonyl (C=O) groups excluding carboxylic acids is 1. The summed E-state index contributed by atoms with van der Waals surface area (Å²) in [5.74, 6) is 0.933. The molecule has 34 heavy (non-hydrogen) atoms. The molecule has 0 saturated heterocycles. The second-order valence-electron chi connectivity index (χ2n) is 8.22. The van der Waals surface area contributed by atoms with E-state index in [2.05, 4.69) is 10.0 Å². The first kappa shape index (κ1) is 22.1. The second-order valence-corrected chi connectivity index (χ2v) is 9.91. The lowest BCUT2D eigenvalue weighted by atomic mass is 10.2. The van der Waals surface area contributed by atoms with Gasteiger partial charge in [-0.3, -0.25) is 9.52 Å². The van der Waals surface area contributed by atoms with Gasteiger partial charge in [0.2, 0.25) is 5.91 Å². The fourth-order valence-corrected chi connectivity index (χ4v) is 5.23. The zero-order valence-electron chi connectivity index (χ0n) is 18.7. The summed E-state index contributed by atoms with van der Waals surface area (Å²) in [4.78, 5) is 14.9. The summed E-state index contributed by atoms with van der Waals surface area (Å²) in [6.07, 6.45) is 0.854. The van der Waals surface area contributed by atoms with Gasteiger partial charge in [0.25, 0.3) is 10.0 Å². The molecular formula is C25H25N3O5S.